The molecule has 0 spiro atoms. The molecule has 0 aliphatic rings. The molecule has 0 aliphatic carbocycles. The van der Waals surface area contributed by atoms with Gasteiger partial charge in [0, 0.05) is 19.7 Å². The summed E-state index contributed by atoms with van der Waals surface area (Å²) in [5.74, 6) is -3.90. The van der Waals surface area contributed by atoms with E-state index >= 15 is 0 Å². The molecule has 0 radical (unpaired) electrons. The van der Waals surface area contributed by atoms with Gasteiger partial charge in [0.25, 0.3) is 5.91 Å². The first-order chi connectivity index (χ1) is 7.40. The molecule has 0 fully saturated rings. The third-order valence-corrected chi connectivity index (χ3v) is 2.00. The lowest BCUT2D eigenvalue weighted by molar-refractivity contribution is 0.0818. The lowest BCUT2D eigenvalue weighted by Gasteiger charge is -2.13. The van der Waals surface area contributed by atoms with Crippen LogP contribution in [0.1, 0.15) is 20.7 Å². The van der Waals surface area contributed by atoms with Crippen LogP contribution in [0, 0.1) is 5.82 Å². The van der Waals surface area contributed by atoms with Crippen LogP contribution in [0.15, 0.2) is 6.07 Å². The Morgan fingerprint density at radius 1 is 1.44 bits per heavy atom. The number of rotatable bonds is 2. The Bertz CT molecular complexity index is 457. The topological polar surface area (TPSA) is 77.8 Å². The Kier molecular flexibility index (Phi) is 3.12. The van der Waals surface area contributed by atoms with Crippen molar-refractivity contribution in [2.75, 3.05) is 14.1 Å². The number of hydrogen-bond acceptors (Lipinski definition) is 4. The van der Waals surface area contributed by atoms with Gasteiger partial charge in [-0.25, -0.2) is 4.39 Å². The van der Waals surface area contributed by atoms with Crippen molar-refractivity contribution < 1.29 is 24.2 Å². The predicted molar refractivity (Wildman–Crippen MR) is 53.1 cm³/mol. The van der Waals surface area contributed by atoms with E-state index in [1.54, 1.807) is 0 Å². The highest BCUT2D eigenvalue weighted by Crippen LogP contribution is 2.32. The maximum absolute atomic E-state index is 13.5. The summed E-state index contributed by atoms with van der Waals surface area (Å²) in [5, 5.41) is 18.2. The van der Waals surface area contributed by atoms with Crippen molar-refractivity contribution in [3.63, 3.8) is 0 Å². The van der Waals surface area contributed by atoms with E-state index in [-0.39, 0.29) is 11.8 Å². The molecule has 1 aromatic rings. The lowest BCUT2D eigenvalue weighted by Crippen LogP contribution is -2.24. The van der Waals surface area contributed by atoms with Crippen LogP contribution in [0.5, 0.6) is 11.5 Å². The van der Waals surface area contributed by atoms with E-state index in [2.05, 4.69) is 0 Å². The van der Waals surface area contributed by atoms with Crippen molar-refractivity contribution in [2.24, 2.45) is 0 Å². The first-order valence-corrected chi connectivity index (χ1v) is 4.31. The summed E-state index contributed by atoms with van der Waals surface area (Å²) in [6.07, 6.45) is 0.235. The van der Waals surface area contributed by atoms with Crippen molar-refractivity contribution in [2.45, 2.75) is 0 Å². The summed E-state index contributed by atoms with van der Waals surface area (Å²) in [7, 11) is 2.75. The van der Waals surface area contributed by atoms with E-state index < -0.39 is 28.8 Å². The van der Waals surface area contributed by atoms with Gasteiger partial charge < -0.3 is 15.1 Å². The third kappa shape index (κ3) is 1.81. The second-order valence-electron chi connectivity index (χ2n) is 3.34. The largest absolute Gasteiger partial charge is 0.504 e. The van der Waals surface area contributed by atoms with Crippen LogP contribution in [-0.2, 0) is 0 Å². The van der Waals surface area contributed by atoms with Crippen molar-refractivity contribution in [3.8, 4) is 11.5 Å². The summed E-state index contributed by atoms with van der Waals surface area (Å²) >= 11 is 0. The fourth-order valence-corrected chi connectivity index (χ4v) is 1.18. The molecule has 0 bridgehead atoms. The van der Waals surface area contributed by atoms with Crippen molar-refractivity contribution in [1.82, 2.24) is 4.90 Å². The molecule has 0 saturated carbocycles. The average molecular weight is 227 g/mol. The van der Waals surface area contributed by atoms with Gasteiger partial charge in [0.1, 0.15) is 0 Å². The zero-order valence-corrected chi connectivity index (χ0v) is 8.69. The molecule has 0 aromatic heterocycles. The fourth-order valence-electron chi connectivity index (χ4n) is 1.18. The van der Waals surface area contributed by atoms with Crippen LogP contribution >= 0.6 is 0 Å². The Hall–Kier alpha value is -2.11. The number of benzene rings is 1. The molecule has 1 rings (SSSR count). The van der Waals surface area contributed by atoms with Gasteiger partial charge in [-0.15, -0.1) is 0 Å². The number of amides is 1. The van der Waals surface area contributed by atoms with E-state index in [1.165, 1.54) is 14.1 Å². The molecular formula is C10H10FNO4. The maximum Gasteiger partial charge on any atom is 0.257 e. The average Bonchev–Trinajstić information content (AvgIpc) is 2.24. The number of phenols is 2. The number of aldehydes is 1. The molecule has 5 nitrogen and oxygen atoms in total. The number of phenolic OH excluding ortho intramolecular Hbond substituents is 2. The predicted octanol–water partition coefficient (Wildman–Crippen LogP) is 0.751. The first-order valence-electron chi connectivity index (χ1n) is 4.31. The zero-order chi connectivity index (χ0) is 12.5. The third-order valence-electron chi connectivity index (χ3n) is 2.00. The Morgan fingerprint density at radius 2 is 2.00 bits per heavy atom. The Balaban J connectivity index is 3.53. The molecule has 0 saturated heterocycles. The van der Waals surface area contributed by atoms with E-state index in [0.717, 1.165) is 11.0 Å². The summed E-state index contributed by atoms with van der Waals surface area (Å²) < 4.78 is 13.5. The van der Waals surface area contributed by atoms with Gasteiger partial charge in [-0.05, 0) is 6.07 Å². The highest BCUT2D eigenvalue weighted by molar-refractivity contribution is 6.02. The lowest BCUT2D eigenvalue weighted by atomic mass is 10.1. The number of carbonyl (C=O) groups is 2. The molecule has 0 heterocycles. The molecule has 6 heteroatoms. The zero-order valence-electron chi connectivity index (χ0n) is 8.69. The molecule has 0 atom stereocenters. The first kappa shape index (κ1) is 12.0. The van der Waals surface area contributed by atoms with E-state index in [4.69, 9.17) is 10.2 Å². The van der Waals surface area contributed by atoms with Crippen LogP contribution in [0.2, 0.25) is 0 Å². The summed E-state index contributed by atoms with van der Waals surface area (Å²) in [4.78, 5) is 23.2. The van der Waals surface area contributed by atoms with E-state index in [9.17, 15) is 14.0 Å². The Morgan fingerprint density at radius 3 is 2.44 bits per heavy atom. The quantitative estimate of drug-likeness (QED) is 0.577. The number of nitrogens with zero attached hydrogens (tertiary/aromatic N) is 1. The van der Waals surface area contributed by atoms with Crippen molar-refractivity contribution in [3.05, 3.63) is 23.0 Å². The van der Waals surface area contributed by atoms with Gasteiger partial charge in [-0.2, -0.15) is 0 Å². The van der Waals surface area contributed by atoms with Crippen LogP contribution in [-0.4, -0.2) is 41.4 Å². The minimum Gasteiger partial charge on any atom is -0.504 e. The molecule has 16 heavy (non-hydrogen) atoms. The molecular weight excluding hydrogens is 217 g/mol. The molecule has 2 N–H and O–H groups in total. The van der Waals surface area contributed by atoms with Gasteiger partial charge in [0.15, 0.2) is 23.6 Å². The molecule has 0 unspecified atom stereocenters. The SMILES string of the molecule is CN(C)C(=O)c1c(C=O)cc(O)c(O)c1F. The summed E-state index contributed by atoms with van der Waals surface area (Å²) in [6.45, 7) is 0. The van der Waals surface area contributed by atoms with Crippen LogP contribution in [0.4, 0.5) is 4.39 Å². The number of hydrogen-bond donors (Lipinski definition) is 2. The van der Waals surface area contributed by atoms with Crippen LogP contribution < -0.4 is 0 Å². The minimum absolute atomic E-state index is 0.235. The summed E-state index contributed by atoms with van der Waals surface area (Å²) in [6, 6.07) is 0.835. The highest BCUT2D eigenvalue weighted by atomic mass is 19.1. The van der Waals surface area contributed by atoms with Crippen molar-refractivity contribution >= 4 is 12.2 Å². The molecule has 0 aliphatic heterocycles. The van der Waals surface area contributed by atoms with E-state index in [1.807, 2.05) is 0 Å². The second kappa shape index (κ2) is 4.18. The van der Waals surface area contributed by atoms with Gasteiger partial charge in [0.05, 0.1) is 5.56 Å². The number of halogens is 1. The van der Waals surface area contributed by atoms with E-state index in [0.29, 0.717) is 0 Å². The van der Waals surface area contributed by atoms with Gasteiger partial charge in [0.2, 0.25) is 0 Å². The maximum atomic E-state index is 13.5. The minimum atomic E-state index is -1.30. The smallest absolute Gasteiger partial charge is 0.257 e. The highest BCUT2D eigenvalue weighted by Gasteiger charge is 2.23. The van der Waals surface area contributed by atoms with Gasteiger partial charge in [-0.1, -0.05) is 0 Å². The van der Waals surface area contributed by atoms with Crippen LogP contribution in [0.3, 0.4) is 0 Å². The number of carbonyl (C=O) groups excluding carboxylic acids is 2. The Labute approximate surface area is 90.7 Å². The normalized spacial score (nSPS) is 9.94. The number of aromatic hydroxyl groups is 2. The van der Waals surface area contributed by atoms with Gasteiger partial charge >= 0.3 is 0 Å². The molecule has 1 amide bonds. The molecule has 86 valence electrons. The van der Waals surface area contributed by atoms with Gasteiger partial charge in [-0.3, -0.25) is 9.59 Å². The standard InChI is InChI=1S/C10H10FNO4/c1-12(2)10(16)7-5(4-13)3-6(14)9(15)8(7)11/h3-4,14-15H,1-2H3. The van der Waals surface area contributed by atoms with Crippen molar-refractivity contribution in [1.29, 1.82) is 0 Å². The monoisotopic (exact) mass is 227 g/mol. The fraction of sp³-hybridized carbons (Fsp3) is 0.200. The second-order valence-corrected chi connectivity index (χ2v) is 3.34. The summed E-state index contributed by atoms with van der Waals surface area (Å²) in [5.41, 5.74) is -0.873. The molecule has 1 aromatic carbocycles. The van der Waals surface area contributed by atoms with Crippen LogP contribution in [0.25, 0.3) is 0 Å².